The van der Waals surface area contributed by atoms with Gasteiger partial charge in [-0.3, -0.25) is 4.79 Å². The van der Waals surface area contributed by atoms with Gasteiger partial charge in [-0.1, -0.05) is 6.07 Å². The number of aryl methyl sites for hydroxylation is 1. The van der Waals surface area contributed by atoms with E-state index in [1.807, 2.05) is 20.0 Å². The molecule has 1 fully saturated rings. The Balaban J connectivity index is 1.50. The molecule has 0 radical (unpaired) electrons. The van der Waals surface area contributed by atoms with Crippen molar-refractivity contribution < 1.29 is 9.18 Å². The average molecular weight is 412 g/mol. The molecule has 29 heavy (non-hydrogen) atoms. The zero-order valence-electron chi connectivity index (χ0n) is 16.4. The minimum Gasteiger partial charge on any atom is -0.373 e. The Kier molecular flexibility index (Phi) is 5.53. The SMILES string of the molecule is CNc1cc(C2CCN(C(=O)c3cccc(F)c3)CC2)nc(-c2cnc(C)s2)n1. The number of carbonyl (C=O) groups is 1. The zero-order chi connectivity index (χ0) is 20.4. The lowest BCUT2D eigenvalue weighted by molar-refractivity contribution is 0.0711. The van der Waals surface area contributed by atoms with Gasteiger partial charge >= 0.3 is 0 Å². The monoisotopic (exact) mass is 411 g/mol. The third kappa shape index (κ3) is 4.27. The Labute approximate surface area is 172 Å². The number of benzene rings is 1. The molecule has 0 saturated carbocycles. The van der Waals surface area contributed by atoms with Crippen LogP contribution < -0.4 is 5.32 Å². The molecule has 1 aliphatic rings. The number of piperidine rings is 1. The van der Waals surface area contributed by atoms with Crippen molar-refractivity contribution in [2.75, 3.05) is 25.5 Å². The second-order valence-electron chi connectivity index (χ2n) is 7.07. The van der Waals surface area contributed by atoms with E-state index in [9.17, 15) is 9.18 Å². The molecule has 1 amide bonds. The molecule has 3 heterocycles. The third-order valence-corrected chi connectivity index (χ3v) is 6.02. The lowest BCUT2D eigenvalue weighted by atomic mass is 9.92. The van der Waals surface area contributed by atoms with Gasteiger partial charge in [0.15, 0.2) is 5.82 Å². The van der Waals surface area contributed by atoms with Crippen LogP contribution in [0, 0.1) is 12.7 Å². The van der Waals surface area contributed by atoms with E-state index in [2.05, 4.69) is 15.3 Å². The standard InChI is InChI=1S/C21H22FN5OS/c1-13-24-12-18(29-13)20-25-17(11-19(23-2)26-20)14-6-8-27(9-7-14)21(28)15-4-3-5-16(22)10-15/h3-5,10-12,14H,6-9H2,1-2H3,(H,23,25,26). The highest BCUT2D eigenvalue weighted by Gasteiger charge is 2.26. The normalized spacial score (nSPS) is 14.8. The maximum Gasteiger partial charge on any atom is 0.253 e. The number of likely N-dealkylation sites (tertiary alicyclic amines) is 1. The Bertz CT molecular complexity index is 1030. The number of nitrogens with one attached hydrogen (secondary N) is 1. The van der Waals surface area contributed by atoms with Gasteiger partial charge in [0.2, 0.25) is 0 Å². The first kappa shape index (κ1) is 19.4. The maximum absolute atomic E-state index is 13.4. The van der Waals surface area contributed by atoms with Crippen LogP contribution in [0.5, 0.6) is 0 Å². The number of nitrogens with zero attached hydrogens (tertiary/aromatic N) is 4. The first-order valence-corrected chi connectivity index (χ1v) is 10.4. The van der Waals surface area contributed by atoms with Gasteiger partial charge in [-0.2, -0.15) is 0 Å². The van der Waals surface area contributed by atoms with E-state index in [4.69, 9.17) is 4.98 Å². The van der Waals surface area contributed by atoms with Gasteiger partial charge < -0.3 is 10.2 Å². The second-order valence-corrected chi connectivity index (χ2v) is 8.31. The van der Waals surface area contributed by atoms with Crippen molar-refractivity contribution in [1.82, 2.24) is 19.9 Å². The highest BCUT2D eigenvalue weighted by molar-refractivity contribution is 7.14. The number of thiazole rings is 1. The van der Waals surface area contributed by atoms with Gasteiger partial charge in [-0.25, -0.2) is 19.3 Å². The van der Waals surface area contributed by atoms with E-state index < -0.39 is 5.82 Å². The predicted molar refractivity (Wildman–Crippen MR) is 112 cm³/mol. The number of carbonyl (C=O) groups excluding carboxylic acids is 1. The van der Waals surface area contributed by atoms with Crippen molar-refractivity contribution in [2.45, 2.75) is 25.7 Å². The van der Waals surface area contributed by atoms with Crippen LogP contribution in [0.1, 0.15) is 39.8 Å². The smallest absolute Gasteiger partial charge is 0.253 e. The number of aromatic nitrogens is 3. The molecule has 2 aromatic heterocycles. The summed E-state index contributed by atoms with van der Waals surface area (Å²) in [5, 5.41) is 4.09. The molecular formula is C21H22FN5OS. The summed E-state index contributed by atoms with van der Waals surface area (Å²) in [4.78, 5) is 29.1. The minimum atomic E-state index is -0.392. The lowest BCUT2D eigenvalue weighted by Crippen LogP contribution is -2.38. The van der Waals surface area contributed by atoms with Gasteiger partial charge in [-0.15, -0.1) is 11.3 Å². The van der Waals surface area contributed by atoms with Gasteiger partial charge in [-0.05, 0) is 38.0 Å². The Morgan fingerprint density at radius 2 is 2.03 bits per heavy atom. The molecule has 0 unspecified atom stereocenters. The van der Waals surface area contributed by atoms with Crippen molar-refractivity contribution in [1.29, 1.82) is 0 Å². The number of halogens is 1. The number of rotatable bonds is 4. The van der Waals surface area contributed by atoms with Crippen molar-refractivity contribution in [3.63, 3.8) is 0 Å². The fourth-order valence-corrected chi connectivity index (χ4v) is 4.27. The molecule has 0 spiro atoms. The fraction of sp³-hybridized carbons (Fsp3) is 0.333. The second kappa shape index (κ2) is 8.24. The van der Waals surface area contributed by atoms with E-state index in [1.54, 1.807) is 34.6 Å². The summed E-state index contributed by atoms with van der Waals surface area (Å²) in [6, 6.07) is 7.84. The molecule has 1 aliphatic heterocycles. The van der Waals surface area contributed by atoms with Gasteiger partial charge in [0, 0.05) is 49.6 Å². The molecule has 1 aromatic carbocycles. The van der Waals surface area contributed by atoms with Crippen LogP contribution in [0.4, 0.5) is 10.2 Å². The number of amides is 1. The topological polar surface area (TPSA) is 71.0 Å². The van der Waals surface area contributed by atoms with Crippen LogP contribution in [-0.4, -0.2) is 45.9 Å². The molecular weight excluding hydrogens is 389 g/mol. The van der Waals surface area contributed by atoms with Crippen molar-refractivity contribution in [3.8, 4) is 10.7 Å². The summed E-state index contributed by atoms with van der Waals surface area (Å²) >= 11 is 1.57. The van der Waals surface area contributed by atoms with E-state index in [-0.39, 0.29) is 11.8 Å². The van der Waals surface area contributed by atoms with Crippen molar-refractivity contribution in [2.24, 2.45) is 0 Å². The molecule has 6 nitrogen and oxygen atoms in total. The molecule has 0 atom stereocenters. The van der Waals surface area contributed by atoms with E-state index >= 15 is 0 Å². The summed E-state index contributed by atoms with van der Waals surface area (Å²) in [5.41, 5.74) is 1.37. The van der Waals surface area contributed by atoms with Crippen LogP contribution >= 0.6 is 11.3 Å². The van der Waals surface area contributed by atoms with Crippen LogP contribution in [0.3, 0.4) is 0 Å². The molecule has 0 bridgehead atoms. The fourth-order valence-electron chi connectivity index (χ4n) is 3.56. The van der Waals surface area contributed by atoms with Crippen LogP contribution in [0.15, 0.2) is 36.5 Å². The molecule has 1 saturated heterocycles. The quantitative estimate of drug-likeness (QED) is 0.700. The highest BCUT2D eigenvalue weighted by atomic mass is 32.1. The Morgan fingerprint density at radius 3 is 2.69 bits per heavy atom. The largest absolute Gasteiger partial charge is 0.373 e. The van der Waals surface area contributed by atoms with Gasteiger partial charge in [0.05, 0.1) is 9.88 Å². The van der Waals surface area contributed by atoms with Crippen LogP contribution in [0.2, 0.25) is 0 Å². The summed E-state index contributed by atoms with van der Waals surface area (Å²) in [6.07, 6.45) is 3.42. The first-order chi connectivity index (χ1) is 14.0. The number of hydrogen-bond acceptors (Lipinski definition) is 6. The van der Waals surface area contributed by atoms with Crippen molar-refractivity contribution >= 4 is 23.1 Å². The van der Waals surface area contributed by atoms with Crippen LogP contribution in [-0.2, 0) is 0 Å². The van der Waals surface area contributed by atoms with Gasteiger partial charge in [0.25, 0.3) is 5.91 Å². The minimum absolute atomic E-state index is 0.123. The summed E-state index contributed by atoms with van der Waals surface area (Å²) < 4.78 is 13.4. The number of anilines is 1. The number of hydrogen-bond donors (Lipinski definition) is 1. The van der Waals surface area contributed by atoms with E-state index in [0.717, 1.165) is 34.2 Å². The van der Waals surface area contributed by atoms with E-state index in [1.165, 1.54) is 12.1 Å². The zero-order valence-corrected chi connectivity index (χ0v) is 17.2. The Morgan fingerprint density at radius 1 is 1.24 bits per heavy atom. The third-order valence-electron chi connectivity index (χ3n) is 5.12. The summed E-state index contributed by atoms with van der Waals surface area (Å²) in [7, 11) is 1.84. The highest BCUT2D eigenvalue weighted by Crippen LogP contribution is 2.31. The first-order valence-electron chi connectivity index (χ1n) is 9.58. The molecule has 150 valence electrons. The molecule has 8 heteroatoms. The summed E-state index contributed by atoms with van der Waals surface area (Å²) in [6.45, 7) is 3.20. The average Bonchev–Trinajstić information content (AvgIpc) is 3.19. The molecule has 4 rings (SSSR count). The lowest BCUT2D eigenvalue weighted by Gasteiger charge is -2.32. The van der Waals surface area contributed by atoms with Crippen molar-refractivity contribution in [3.05, 3.63) is 58.6 Å². The molecule has 0 aliphatic carbocycles. The predicted octanol–water partition coefficient (Wildman–Crippen LogP) is 4.11. The van der Waals surface area contributed by atoms with Gasteiger partial charge in [0.1, 0.15) is 11.6 Å². The summed E-state index contributed by atoms with van der Waals surface area (Å²) in [5.74, 6) is 1.18. The van der Waals surface area contributed by atoms with Crippen LogP contribution in [0.25, 0.3) is 10.7 Å². The Hall–Kier alpha value is -2.87. The maximum atomic E-state index is 13.4. The molecule has 1 N–H and O–H groups in total. The molecule has 3 aromatic rings. The van der Waals surface area contributed by atoms with E-state index in [0.29, 0.717) is 24.5 Å².